The minimum Gasteiger partial charge on any atom is -0.479 e. The van der Waals surface area contributed by atoms with E-state index in [1.54, 1.807) is 25.1 Å². The maximum atomic E-state index is 12.2. The van der Waals surface area contributed by atoms with Crippen molar-refractivity contribution in [1.29, 1.82) is 0 Å². The summed E-state index contributed by atoms with van der Waals surface area (Å²) in [5.41, 5.74) is 0.903. The molecule has 0 fully saturated rings. The first-order valence-corrected chi connectivity index (χ1v) is 8.06. The molecule has 1 atom stereocenters. The molecule has 24 heavy (non-hydrogen) atoms. The van der Waals surface area contributed by atoms with Crippen molar-refractivity contribution in [2.75, 3.05) is 6.79 Å². The van der Waals surface area contributed by atoms with Crippen molar-refractivity contribution in [2.24, 2.45) is 0 Å². The molecule has 1 N–H and O–H groups in total. The van der Waals surface area contributed by atoms with Gasteiger partial charge in [0.2, 0.25) is 6.79 Å². The fourth-order valence-electron chi connectivity index (χ4n) is 2.20. The normalized spacial score (nSPS) is 13.5. The summed E-state index contributed by atoms with van der Waals surface area (Å²) >= 11 is 11.9. The van der Waals surface area contributed by atoms with Gasteiger partial charge in [-0.05, 0) is 36.8 Å². The van der Waals surface area contributed by atoms with Gasteiger partial charge in [-0.1, -0.05) is 29.3 Å². The summed E-state index contributed by atoms with van der Waals surface area (Å²) in [6.45, 7) is 2.22. The monoisotopic (exact) mass is 367 g/mol. The second-order valence-corrected chi connectivity index (χ2v) is 6.08. The first kappa shape index (κ1) is 16.7. The van der Waals surface area contributed by atoms with E-state index in [2.05, 4.69) is 5.32 Å². The highest BCUT2D eigenvalue weighted by Crippen LogP contribution is 2.32. The van der Waals surface area contributed by atoms with E-state index in [0.717, 1.165) is 5.56 Å². The average molecular weight is 368 g/mol. The fourth-order valence-corrected chi connectivity index (χ4v) is 2.52. The van der Waals surface area contributed by atoms with Gasteiger partial charge in [-0.15, -0.1) is 0 Å². The summed E-state index contributed by atoms with van der Waals surface area (Å²) in [5, 5.41) is 3.69. The minimum atomic E-state index is -0.713. The molecule has 0 radical (unpaired) electrons. The van der Waals surface area contributed by atoms with E-state index < -0.39 is 6.10 Å². The molecule has 0 saturated heterocycles. The van der Waals surface area contributed by atoms with Crippen molar-refractivity contribution in [3.05, 3.63) is 52.0 Å². The van der Waals surface area contributed by atoms with Crippen LogP contribution >= 0.6 is 23.2 Å². The van der Waals surface area contributed by atoms with Gasteiger partial charge in [0.05, 0.1) is 5.02 Å². The lowest BCUT2D eigenvalue weighted by molar-refractivity contribution is -0.127. The Morgan fingerprint density at radius 1 is 1.21 bits per heavy atom. The van der Waals surface area contributed by atoms with Crippen LogP contribution in [0.25, 0.3) is 0 Å². The summed E-state index contributed by atoms with van der Waals surface area (Å²) in [6.07, 6.45) is -0.713. The molecule has 0 saturated carbocycles. The van der Waals surface area contributed by atoms with Crippen LogP contribution in [0.15, 0.2) is 36.4 Å². The van der Waals surface area contributed by atoms with E-state index >= 15 is 0 Å². The number of halogens is 2. The van der Waals surface area contributed by atoms with Crippen molar-refractivity contribution in [3.8, 4) is 17.2 Å². The molecule has 1 aliphatic rings. The maximum absolute atomic E-state index is 12.2. The van der Waals surface area contributed by atoms with Gasteiger partial charge in [0, 0.05) is 17.6 Å². The number of hydrogen-bond acceptors (Lipinski definition) is 4. The predicted molar refractivity (Wildman–Crippen MR) is 91.0 cm³/mol. The Morgan fingerprint density at radius 3 is 2.83 bits per heavy atom. The first-order valence-electron chi connectivity index (χ1n) is 7.31. The van der Waals surface area contributed by atoms with Crippen molar-refractivity contribution in [2.45, 2.75) is 19.6 Å². The van der Waals surface area contributed by atoms with Crippen molar-refractivity contribution in [3.63, 3.8) is 0 Å². The number of ether oxygens (including phenoxy) is 3. The smallest absolute Gasteiger partial charge is 0.261 e. The molecule has 0 unspecified atom stereocenters. The fraction of sp³-hybridized carbons (Fsp3) is 0.235. The zero-order chi connectivity index (χ0) is 17.1. The van der Waals surface area contributed by atoms with E-state index in [1.807, 2.05) is 18.2 Å². The third-order valence-corrected chi connectivity index (χ3v) is 4.02. The molecule has 0 aliphatic carbocycles. The molecule has 3 rings (SSSR count). The third kappa shape index (κ3) is 3.86. The summed E-state index contributed by atoms with van der Waals surface area (Å²) in [5.74, 6) is 1.49. The molecule has 126 valence electrons. The molecular formula is C17H15Cl2NO4. The van der Waals surface area contributed by atoms with Crippen LogP contribution in [0.3, 0.4) is 0 Å². The van der Waals surface area contributed by atoms with Crippen LogP contribution in [0.2, 0.25) is 10.0 Å². The summed E-state index contributed by atoms with van der Waals surface area (Å²) in [4.78, 5) is 12.2. The van der Waals surface area contributed by atoms with Crippen LogP contribution < -0.4 is 19.5 Å². The Balaban J connectivity index is 1.57. The number of hydrogen-bond donors (Lipinski definition) is 1. The molecule has 2 aromatic rings. The molecule has 1 heterocycles. The number of nitrogens with one attached hydrogen (secondary N) is 1. The van der Waals surface area contributed by atoms with E-state index in [1.165, 1.54) is 0 Å². The van der Waals surface area contributed by atoms with E-state index in [-0.39, 0.29) is 12.7 Å². The third-order valence-electron chi connectivity index (χ3n) is 3.47. The molecule has 0 spiro atoms. The van der Waals surface area contributed by atoms with Gasteiger partial charge in [-0.25, -0.2) is 0 Å². The second-order valence-electron chi connectivity index (χ2n) is 5.24. The predicted octanol–water partition coefficient (Wildman–Crippen LogP) is 3.81. The zero-order valence-electron chi connectivity index (χ0n) is 12.8. The minimum absolute atomic E-state index is 0.219. The van der Waals surface area contributed by atoms with Gasteiger partial charge in [0.15, 0.2) is 17.6 Å². The lowest BCUT2D eigenvalue weighted by Crippen LogP contribution is -2.35. The van der Waals surface area contributed by atoms with Crippen molar-refractivity contribution in [1.82, 2.24) is 5.32 Å². The van der Waals surface area contributed by atoms with E-state index in [4.69, 9.17) is 37.4 Å². The molecule has 2 aromatic carbocycles. The van der Waals surface area contributed by atoms with Crippen LogP contribution in [0.1, 0.15) is 12.5 Å². The Bertz CT molecular complexity index is 766. The Labute approximate surface area is 149 Å². The van der Waals surface area contributed by atoms with Gasteiger partial charge in [-0.2, -0.15) is 0 Å². The average Bonchev–Trinajstić information content (AvgIpc) is 3.03. The quantitative estimate of drug-likeness (QED) is 0.872. The van der Waals surface area contributed by atoms with Gasteiger partial charge in [0.1, 0.15) is 5.75 Å². The summed E-state index contributed by atoms with van der Waals surface area (Å²) in [6, 6.07) is 10.4. The highest BCUT2D eigenvalue weighted by molar-refractivity contribution is 6.34. The largest absolute Gasteiger partial charge is 0.479 e. The molecule has 5 nitrogen and oxygen atoms in total. The number of carbonyl (C=O) groups excluding carboxylic acids is 1. The molecule has 0 aromatic heterocycles. The van der Waals surface area contributed by atoms with Gasteiger partial charge >= 0.3 is 0 Å². The summed E-state index contributed by atoms with van der Waals surface area (Å²) < 4.78 is 16.1. The number of amides is 1. The lowest BCUT2D eigenvalue weighted by atomic mass is 10.2. The maximum Gasteiger partial charge on any atom is 0.261 e. The molecule has 1 aliphatic heterocycles. The van der Waals surface area contributed by atoms with E-state index in [0.29, 0.717) is 33.8 Å². The van der Waals surface area contributed by atoms with Crippen LogP contribution in [0.5, 0.6) is 17.2 Å². The molecule has 1 amide bonds. The van der Waals surface area contributed by atoms with Gasteiger partial charge in [-0.3, -0.25) is 4.79 Å². The van der Waals surface area contributed by atoms with Crippen molar-refractivity contribution < 1.29 is 19.0 Å². The van der Waals surface area contributed by atoms with Crippen LogP contribution in [-0.2, 0) is 11.3 Å². The highest BCUT2D eigenvalue weighted by Gasteiger charge is 2.17. The second kappa shape index (κ2) is 7.20. The number of carbonyl (C=O) groups is 1. The van der Waals surface area contributed by atoms with Crippen molar-refractivity contribution >= 4 is 29.1 Å². The lowest BCUT2D eigenvalue weighted by Gasteiger charge is -2.16. The number of rotatable bonds is 5. The van der Waals surface area contributed by atoms with Crippen LogP contribution in [0.4, 0.5) is 0 Å². The number of benzene rings is 2. The molecular weight excluding hydrogens is 353 g/mol. The summed E-state index contributed by atoms with van der Waals surface area (Å²) in [7, 11) is 0. The Kier molecular flexibility index (Phi) is 5.02. The topological polar surface area (TPSA) is 56.8 Å². The molecule has 7 heteroatoms. The van der Waals surface area contributed by atoms with Crippen LogP contribution in [0, 0.1) is 0 Å². The number of fused-ring (bicyclic) bond motifs is 1. The Morgan fingerprint density at radius 2 is 2.00 bits per heavy atom. The SMILES string of the molecule is C[C@H](Oc1cc(Cl)ccc1Cl)C(=O)NCc1ccc2c(c1)OCO2. The molecule has 0 bridgehead atoms. The Hall–Kier alpha value is -2.11. The van der Waals surface area contributed by atoms with Gasteiger partial charge < -0.3 is 19.5 Å². The highest BCUT2D eigenvalue weighted by atomic mass is 35.5. The van der Waals surface area contributed by atoms with E-state index in [9.17, 15) is 4.79 Å². The first-order chi connectivity index (χ1) is 11.5. The standard InChI is InChI=1S/C17H15Cl2NO4/c1-10(24-15-7-12(18)3-4-13(15)19)17(21)20-8-11-2-5-14-16(6-11)23-9-22-14/h2-7,10H,8-9H2,1H3,(H,20,21)/t10-/m0/s1. The van der Waals surface area contributed by atoms with Gasteiger partial charge in [0.25, 0.3) is 5.91 Å². The van der Waals surface area contributed by atoms with Crippen LogP contribution in [-0.4, -0.2) is 18.8 Å². The zero-order valence-corrected chi connectivity index (χ0v) is 14.4.